The Kier molecular flexibility index (Phi) is 6.16. The van der Waals surface area contributed by atoms with Gasteiger partial charge in [0, 0.05) is 18.0 Å². The fourth-order valence-electron chi connectivity index (χ4n) is 2.75. The minimum atomic E-state index is -5.50. The number of hydrogen-bond acceptors (Lipinski definition) is 4. The average Bonchev–Trinajstić information content (AvgIpc) is 3.51. The fraction of sp³-hybridized carbons (Fsp3) is 0.300. The van der Waals surface area contributed by atoms with Crippen LogP contribution in [0.15, 0.2) is 59.5 Å². The van der Waals surface area contributed by atoms with Crippen LogP contribution in [-0.4, -0.2) is 37.8 Å². The van der Waals surface area contributed by atoms with Crippen molar-refractivity contribution in [2.24, 2.45) is 0 Å². The van der Waals surface area contributed by atoms with Crippen molar-refractivity contribution in [1.29, 1.82) is 0 Å². The van der Waals surface area contributed by atoms with Gasteiger partial charge in [-0.05, 0) is 42.7 Å². The maximum atomic E-state index is 12.6. The Bertz CT molecular complexity index is 1020. The van der Waals surface area contributed by atoms with E-state index in [1.165, 1.54) is 0 Å². The molecular formula is C20H19F3N2O4S. The van der Waals surface area contributed by atoms with Crippen molar-refractivity contribution in [3.8, 4) is 0 Å². The standard InChI is InChI=1S/C20H19F3N2O4S/c21-20(22,23)30(28,29)16-10-6-14(7-11-16)18(26)25-17(19(27)24-15-8-9-15)12-13-4-2-1-3-5-13/h1-7,10-11,15,17H,8-9,12H2,(H,24,27)(H,25,26). The van der Waals surface area contributed by atoms with Gasteiger partial charge < -0.3 is 10.6 Å². The molecule has 0 bridgehead atoms. The predicted octanol–water partition coefficient (Wildman–Crippen LogP) is 2.60. The lowest BCUT2D eigenvalue weighted by Crippen LogP contribution is -2.48. The third kappa shape index (κ3) is 5.18. The van der Waals surface area contributed by atoms with Gasteiger partial charge in [0.2, 0.25) is 5.91 Å². The van der Waals surface area contributed by atoms with Crippen LogP contribution in [0.1, 0.15) is 28.8 Å². The molecule has 2 N–H and O–H groups in total. The summed E-state index contributed by atoms with van der Waals surface area (Å²) < 4.78 is 60.8. The first-order chi connectivity index (χ1) is 14.1. The SMILES string of the molecule is O=C(NC(Cc1ccccc1)C(=O)NC1CC1)c1ccc(S(=O)(=O)C(F)(F)F)cc1. The molecule has 160 valence electrons. The highest BCUT2D eigenvalue weighted by Gasteiger charge is 2.46. The molecule has 0 heterocycles. The molecule has 1 atom stereocenters. The van der Waals surface area contributed by atoms with E-state index >= 15 is 0 Å². The molecule has 1 aliphatic rings. The van der Waals surface area contributed by atoms with Crippen molar-refractivity contribution in [2.45, 2.75) is 41.7 Å². The van der Waals surface area contributed by atoms with Gasteiger partial charge in [-0.2, -0.15) is 13.2 Å². The van der Waals surface area contributed by atoms with Gasteiger partial charge in [-0.25, -0.2) is 8.42 Å². The summed E-state index contributed by atoms with van der Waals surface area (Å²) in [6.45, 7) is 0. The number of carbonyl (C=O) groups excluding carboxylic acids is 2. The number of sulfone groups is 1. The predicted molar refractivity (Wildman–Crippen MR) is 102 cm³/mol. The van der Waals surface area contributed by atoms with Crippen LogP contribution < -0.4 is 10.6 Å². The number of carbonyl (C=O) groups is 2. The Balaban J connectivity index is 1.75. The zero-order valence-electron chi connectivity index (χ0n) is 15.6. The van der Waals surface area contributed by atoms with E-state index in [0.717, 1.165) is 30.5 Å². The van der Waals surface area contributed by atoms with Gasteiger partial charge in [-0.15, -0.1) is 0 Å². The first-order valence-corrected chi connectivity index (χ1v) is 10.6. The number of hydrogen-bond donors (Lipinski definition) is 2. The summed E-state index contributed by atoms with van der Waals surface area (Å²) in [7, 11) is -5.50. The fourth-order valence-corrected chi connectivity index (χ4v) is 3.51. The maximum Gasteiger partial charge on any atom is 0.501 e. The Morgan fingerprint density at radius 3 is 2.13 bits per heavy atom. The molecule has 1 aliphatic carbocycles. The van der Waals surface area contributed by atoms with Gasteiger partial charge in [0.15, 0.2) is 0 Å². The largest absolute Gasteiger partial charge is 0.501 e. The van der Waals surface area contributed by atoms with E-state index in [0.29, 0.717) is 12.1 Å². The second-order valence-corrected chi connectivity index (χ2v) is 8.91. The molecule has 0 aromatic heterocycles. The first kappa shape index (κ1) is 21.8. The van der Waals surface area contributed by atoms with Gasteiger partial charge >= 0.3 is 5.51 Å². The van der Waals surface area contributed by atoms with E-state index in [1.807, 2.05) is 6.07 Å². The number of alkyl halides is 3. The lowest BCUT2D eigenvalue weighted by Gasteiger charge is -2.19. The Morgan fingerprint density at radius 2 is 1.60 bits per heavy atom. The van der Waals surface area contributed by atoms with E-state index in [2.05, 4.69) is 10.6 Å². The van der Waals surface area contributed by atoms with Gasteiger partial charge in [0.25, 0.3) is 15.7 Å². The van der Waals surface area contributed by atoms with Crippen molar-refractivity contribution in [3.05, 3.63) is 65.7 Å². The van der Waals surface area contributed by atoms with Crippen molar-refractivity contribution in [3.63, 3.8) is 0 Å². The normalized spacial score (nSPS) is 15.3. The molecule has 3 rings (SSSR count). The average molecular weight is 440 g/mol. The van der Waals surface area contributed by atoms with Gasteiger partial charge in [-0.3, -0.25) is 9.59 Å². The van der Waals surface area contributed by atoms with E-state index < -0.39 is 32.2 Å². The van der Waals surface area contributed by atoms with Crippen LogP contribution in [-0.2, 0) is 21.1 Å². The van der Waals surface area contributed by atoms with E-state index in [1.54, 1.807) is 24.3 Å². The number of nitrogens with one attached hydrogen (secondary N) is 2. The van der Waals surface area contributed by atoms with Crippen molar-refractivity contribution in [2.75, 3.05) is 0 Å². The van der Waals surface area contributed by atoms with Crippen molar-refractivity contribution in [1.82, 2.24) is 10.6 Å². The minimum Gasteiger partial charge on any atom is -0.352 e. The topological polar surface area (TPSA) is 92.3 Å². The van der Waals surface area contributed by atoms with E-state index in [9.17, 15) is 31.2 Å². The number of halogens is 3. The summed E-state index contributed by atoms with van der Waals surface area (Å²) in [6.07, 6.45) is 1.96. The molecule has 2 amide bonds. The maximum absolute atomic E-state index is 12.6. The van der Waals surface area contributed by atoms with Crippen LogP contribution in [0.4, 0.5) is 13.2 Å². The van der Waals surface area contributed by atoms with Crippen LogP contribution in [0.2, 0.25) is 0 Å². The Labute approximate surface area is 171 Å². The molecule has 0 saturated heterocycles. The second kappa shape index (κ2) is 8.47. The summed E-state index contributed by atoms with van der Waals surface area (Å²) in [6, 6.07) is 11.6. The summed E-state index contributed by atoms with van der Waals surface area (Å²) in [4.78, 5) is 24.1. The molecule has 1 saturated carbocycles. The smallest absolute Gasteiger partial charge is 0.352 e. The molecule has 0 radical (unpaired) electrons. The minimum absolute atomic E-state index is 0.0617. The van der Waals surface area contributed by atoms with Crippen molar-refractivity contribution < 1.29 is 31.2 Å². The molecule has 2 aromatic carbocycles. The van der Waals surface area contributed by atoms with Crippen LogP contribution >= 0.6 is 0 Å². The monoisotopic (exact) mass is 440 g/mol. The van der Waals surface area contributed by atoms with Crippen LogP contribution in [0.5, 0.6) is 0 Å². The summed E-state index contributed by atoms with van der Waals surface area (Å²) in [5.41, 5.74) is -4.67. The molecule has 1 unspecified atom stereocenters. The second-order valence-electron chi connectivity index (χ2n) is 6.97. The van der Waals surface area contributed by atoms with E-state index in [-0.39, 0.29) is 23.9 Å². The lowest BCUT2D eigenvalue weighted by atomic mass is 10.0. The Hall–Kier alpha value is -2.88. The molecule has 2 aromatic rings. The van der Waals surface area contributed by atoms with Gasteiger partial charge in [0.1, 0.15) is 6.04 Å². The number of benzene rings is 2. The molecule has 0 aliphatic heterocycles. The van der Waals surface area contributed by atoms with Crippen LogP contribution in [0.3, 0.4) is 0 Å². The quantitative estimate of drug-likeness (QED) is 0.692. The van der Waals surface area contributed by atoms with Crippen LogP contribution in [0, 0.1) is 0 Å². The lowest BCUT2D eigenvalue weighted by molar-refractivity contribution is -0.123. The number of rotatable bonds is 7. The molecular weight excluding hydrogens is 421 g/mol. The zero-order chi connectivity index (χ0) is 21.9. The van der Waals surface area contributed by atoms with Gasteiger partial charge in [-0.1, -0.05) is 30.3 Å². The van der Waals surface area contributed by atoms with Gasteiger partial charge in [0.05, 0.1) is 4.90 Å². The summed E-state index contributed by atoms with van der Waals surface area (Å²) in [5.74, 6) is -1.05. The number of amides is 2. The molecule has 0 spiro atoms. The molecule has 30 heavy (non-hydrogen) atoms. The molecule has 1 fully saturated rings. The third-order valence-corrected chi connectivity index (χ3v) is 6.06. The summed E-state index contributed by atoms with van der Waals surface area (Å²) >= 11 is 0. The highest BCUT2D eigenvalue weighted by atomic mass is 32.2. The third-order valence-electron chi connectivity index (χ3n) is 4.56. The first-order valence-electron chi connectivity index (χ1n) is 9.14. The highest BCUT2D eigenvalue weighted by Crippen LogP contribution is 2.30. The van der Waals surface area contributed by atoms with E-state index in [4.69, 9.17) is 0 Å². The molecule has 10 heteroatoms. The van der Waals surface area contributed by atoms with Crippen LogP contribution in [0.25, 0.3) is 0 Å². The highest BCUT2D eigenvalue weighted by molar-refractivity contribution is 7.92. The zero-order valence-corrected chi connectivity index (χ0v) is 16.5. The molecule has 6 nitrogen and oxygen atoms in total. The van der Waals surface area contributed by atoms with Crippen molar-refractivity contribution >= 4 is 21.7 Å². The Morgan fingerprint density at radius 1 is 1.00 bits per heavy atom. The summed E-state index contributed by atoms with van der Waals surface area (Å²) in [5, 5.41) is 5.40.